The summed E-state index contributed by atoms with van der Waals surface area (Å²) in [6.07, 6.45) is 4.12. The lowest BCUT2D eigenvalue weighted by atomic mass is 9.96. The average molecular weight is 465 g/mol. The van der Waals surface area contributed by atoms with Crippen molar-refractivity contribution in [1.82, 2.24) is 24.3 Å². The molecular weight excluding hydrogens is 440 g/mol. The highest BCUT2D eigenvalue weighted by Crippen LogP contribution is 2.35. The summed E-state index contributed by atoms with van der Waals surface area (Å²) in [5.74, 6) is 1.44. The van der Waals surface area contributed by atoms with Crippen LogP contribution in [-0.4, -0.2) is 48.5 Å². The van der Waals surface area contributed by atoms with Crippen LogP contribution in [0.3, 0.4) is 0 Å². The first-order valence-corrected chi connectivity index (χ1v) is 11.7. The van der Waals surface area contributed by atoms with Crippen molar-refractivity contribution >= 4 is 28.3 Å². The lowest BCUT2D eigenvalue weighted by Gasteiger charge is -2.29. The molecule has 0 radical (unpaired) electrons. The maximum Gasteiger partial charge on any atom is 0.407 e. The quantitative estimate of drug-likeness (QED) is 0.387. The van der Waals surface area contributed by atoms with Gasteiger partial charge in [-0.2, -0.15) is 0 Å². The van der Waals surface area contributed by atoms with E-state index in [1.165, 1.54) is 4.90 Å². The number of benzene rings is 2. The Labute approximate surface area is 201 Å². The number of nitrogen functional groups attached to an aromatic ring is 1. The van der Waals surface area contributed by atoms with Crippen molar-refractivity contribution in [2.75, 3.05) is 18.8 Å². The Hall–Kier alpha value is -4.46. The minimum Gasteiger partial charge on any atom is -0.465 e. The summed E-state index contributed by atoms with van der Waals surface area (Å²) in [4.78, 5) is 27.1. The molecule has 8 heteroatoms. The van der Waals surface area contributed by atoms with Gasteiger partial charge in [-0.25, -0.2) is 19.7 Å². The molecule has 1 aliphatic rings. The summed E-state index contributed by atoms with van der Waals surface area (Å²) in [6.45, 7) is 0.986. The second-order valence-electron chi connectivity index (χ2n) is 8.86. The number of hydrogen-bond donors (Lipinski definition) is 2. The van der Waals surface area contributed by atoms with Crippen LogP contribution in [0.25, 0.3) is 38.9 Å². The Morgan fingerprint density at radius 2 is 1.74 bits per heavy atom. The van der Waals surface area contributed by atoms with E-state index in [-0.39, 0.29) is 5.92 Å². The third kappa shape index (κ3) is 3.73. The highest BCUT2D eigenvalue weighted by atomic mass is 16.4. The minimum absolute atomic E-state index is 0.136. The van der Waals surface area contributed by atoms with E-state index >= 15 is 0 Å². The molecule has 2 aromatic carbocycles. The van der Waals surface area contributed by atoms with Crippen LogP contribution in [0, 0.1) is 0 Å². The molecule has 4 heterocycles. The zero-order chi connectivity index (χ0) is 23.9. The summed E-state index contributed by atoms with van der Waals surface area (Å²) < 4.78 is 2.01. The smallest absolute Gasteiger partial charge is 0.407 e. The van der Waals surface area contributed by atoms with E-state index in [2.05, 4.69) is 29.2 Å². The van der Waals surface area contributed by atoms with Crippen molar-refractivity contribution in [1.29, 1.82) is 0 Å². The van der Waals surface area contributed by atoms with Crippen molar-refractivity contribution in [3.05, 3.63) is 78.9 Å². The van der Waals surface area contributed by atoms with E-state index in [4.69, 9.17) is 15.7 Å². The monoisotopic (exact) mass is 464 g/mol. The van der Waals surface area contributed by atoms with Crippen LogP contribution in [0.4, 0.5) is 10.6 Å². The number of amides is 1. The number of pyridine rings is 1. The molecule has 6 rings (SSSR count). The fourth-order valence-electron chi connectivity index (χ4n) is 4.94. The zero-order valence-electron chi connectivity index (χ0n) is 19.0. The van der Waals surface area contributed by atoms with Crippen molar-refractivity contribution in [2.45, 2.75) is 18.8 Å². The molecule has 3 N–H and O–H groups in total. The van der Waals surface area contributed by atoms with E-state index in [1.54, 1.807) is 6.20 Å². The van der Waals surface area contributed by atoms with Crippen LogP contribution < -0.4 is 5.73 Å². The van der Waals surface area contributed by atoms with Crippen molar-refractivity contribution in [3.63, 3.8) is 0 Å². The Balaban J connectivity index is 1.44. The lowest BCUT2D eigenvalue weighted by Crippen LogP contribution is -2.37. The number of hydrogen-bond acceptors (Lipinski definition) is 5. The number of rotatable bonds is 3. The van der Waals surface area contributed by atoms with Gasteiger partial charge >= 0.3 is 6.09 Å². The number of imidazole rings is 1. The largest absolute Gasteiger partial charge is 0.465 e. The normalized spacial score (nSPS) is 14.6. The summed E-state index contributed by atoms with van der Waals surface area (Å²) in [7, 11) is 0. The molecule has 8 nitrogen and oxygen atoms in total. The number of carbonyl (C=O) groups is 1. The number of aromatic nitrogens is 4. The molecule has 0 atom stereocenters. The lowest BCUT2D eigenvalue weighted by molar-refractivity contribution is 0.131. The number of anilines is 1. The van der Waals surface area contributed by atoms with Crippen molar-refractivity contribution in [3.8, 4) is 22.5 Å². The molecule has 174 valence electrons. The first-order chi connectivity index (χ1) is 17.1. The summed E-state index contributed by atoms with van der Waals surface area (Å²) in [5, 5.41) is 10.4. The standard InChI is InChI=1S/C27H24N6O2/c28-25-24-23(31-26(33(24)15-12-29-25)19-10-13-32(14-11-19)27(34)35)20-7-6-18-8-9-21(30-22(18)16-20)17-4-2-1-3-5-17/h1-9,12,15-16,19H,10-11,13-14H2,(H2,28,29)(H,34,35). The number of nitrogens with two attached hydrogens (primary N) is 1. The molecule has 1 amide bonds. The van der Waals surface area contributed by atoms with Crippen molar-refractivity contribution in [2.24, 2.45) is 0 Å². The van der Waals surface area contributed by atoms with Gasteiger partial charge in [0.15, 0.2) is 0 Å². The van der Waals surface area contributed by atoms with Crippen LogP contribution in [0.1, 0.15) is 24.6 Å². The molecule has 0 saturated carbocycles. The minimum atomic E-state index is -0.871. The molecule has 5 aromatic rings. The Bertz CT molecular complexity index is 1550. The number of nitrogens with zero attached hydrogens (tertiary/aromatic N) is 5. The fraction of sp³-hybridized carbons (Fsp3) is 0.185. The topological polar surface area (TPSA) is 110 Å². The third-order valence-corrected chi connectivity index (χ3v) is 6.78. The number of fused-ring (bicyclic) bond motifs is 2. The van der Waals surface area contributed by atoms with Crippen LogP contribution in [0.2, 0.25) is 0 Å². The van der Waals surface area contributed by atoms with Crippen LogP contribution >= 0.6 is 0 Å². The Kier molecular flexibility index (Phi) is 5.06. The summed E-state index contributed by atoms with van der Waals surface area (Å²) in [5.41, 5.74) is 11.6. The highest BCUT2D eigenvalue weighted by Gasteiger charge is 2.28. The van der Waals surface area contributed by atoms with Gasteiger partial charge in [-0.1, -0.05) is 48.5 Å². The molecule has 1 saturated heterocycles. The maximum atomic E-state index is 11.3. The first-order valence-electron chi connectivity index (χ1n) is 11.7. The van der Waals surface area contributed by atoms with E-state index in [0.717, 1.165) is 44.8 Å². The molecular formula is C27H24N6O2. The SMILES string of the molecule is Nc1nccn2c(C3CCN(C(=O)O)CC3)nc(-c3ccc4ccc(-c5ccccc5)nc4c3)c12. The molecule has 0 unspecified atom stereocenters. The Morgan fingerprint density at radius 3 is 2.51 bits per heavy atom. The molecule has 1 fully saturated rings. The molecule has 0 bridgehead atoms. The van der Waals surface area contributed by atoms with Crippen molar-refractivity contribution < 1.29 is 9.90 Å². The number of piperidine rings is 1. The van der Waals surface area contributed by atoms with E-state index in [0.29, 0.717) is 31.7 Å². The van der Waals surface area contributed by atoms with Gasteiger partial charge < -0.3 is 15.7 Å². The van der Waals surface area contributed by atoms with Gasteiger partial charge in [0.1, 0.15) is 22.9 Å². The van der Waals surface area contributed by atoms with Gasteiger partial charge in [0.25, 0.3) is 0 Å². The number of carboxylic acid groups (broad SMARTS) is 1. The third-order valence-electron chi connectivity index (χ3n) is 6.78. The maximum absolute atomic E-state index is 11.3. The first kappa shape index (κ1) is 21.1. The summed E-state index contributed by atoms with van der Waals surface area (Å²) in [6, 6.07) is 20.4. The highest BCUT2D eigenvalue weighted by molar-refractivity contribution is 5.91. The molecule has 0 aliphatic carbocycles. The molecule has 35 heavy (non-hydrogen) atoms. The fourth-order valence-corrected chi connectivity index (χ4v) is 4.94. The zero-order valence-corrected chi connectivity index (χ0v) is 19.0. The van der Waals surface area contributed by atoms with Gasteiger partial charge in [-0.05, 0) is 25.0 Å². The van der Waals surface area contributed by atoms with Gasteiger partial charge in [-0.15, -0.1) is 0 Å². The molecule has 0 spiro atoms. The van der Waals surface area contributed by atoms with Gasteiger partial charge in [-0.3, -0.25) is 4.40 Å². The van der Waals surface area contributed by atoms with Crippen LogP contribution in [-0.2, 0) is 0 Å². The van der Waals surface area contributed by atoms with Crippen LogP contribution in [0.5, 0.6) is 0 Å². The predicted octanol–water partition coefficient (Wildman–Crippen LogP) is 5.05. The predicted molar refractivity (Wildman–Crippen MR) is 135 cm³/mol. The summed E-state index contributed by atoms with van der Waals surface area (Å²) >= 11 is 0. The molecule has 3 aromatic heterocycles. The second-order valence-corrected chi connectivity index (χ2v) is 8.86. The average Bonchev–Trinajstić information content (AvgIpc) is 3.30. The van der Waals surface area contributed by atoms with E-state index in [1.807, 2.05) is 47.0 Å². The van der Waals surface area contributed by atoms with Gasteiger partial charge in [0.05, 0.1) is 11.2 Å². The second kappa shape index (κ2) is 8.39. The van der Waals surface area contributed by atoms with E-state index < -0.39 is 6.09 Å². The van der Waals surface area contributed by atoms with E-state index in [9.17, 15) is 9.90 Å². The number of likely N-dealkylation sites (tertiary alicyclic amines) is 1. The van der Waals surface area contributed by atoms with Crippen LogP contribution in [0.15, 0.2) is 73.1 Å². The van der Waals surface area contributed by atoms with Gasteiger partial charge in [0.2, 0.25) is 0 Å². The Morgan fingerprint density at radius 1 is 0.971 bits per heavy atom. The molecule has 1 aliphatic heterocycles. The van der Waals surface area contributed by atoms with Gasteiger partial charge in [0, 0.05) is 47.9 Å².